The van der Waals surface area contributed by atoms with Gasteiger partial charge in [-0.1, -0.05) is 30.3 Å². The lowest BCUT2D eigenvalue weighted by atomic mass is 9.89. The first-order valence-electron chi connectivity index (χ1n) is 9.21. The summed E-state index contributed by atoms with van der Waals surface area (Å²) < 4.78 is 4.76. The fourth-order valence-corrected chi connectivity index (χ4v) is 4.25. The fourth-order valence-electron chi connectivity index (χ4n) is 4.25. The van der Waals surface area contributed by atoms with Crippen molar-refractivity contribution in [1.82, 2.24) is 9.80 Å². The number of carbonyl (C=O) groups is 2. The monoisotopic (exact) mass is 344 g/mol. The topological polar surface area (TPSA) is 49.9 Å². The second kappa shape index (κ2) is 8.00. The zero-order valence-electron chi connectivity index (χ0n) is 15.2. The van der Waals surface area contributed by atoms with Crippen LogP contribution >= 0.6 is 0 Å². The van der Waals surface area contributed by atoms with Gasteiger partial charge in [-0.05, 0) is 44.3 Å². The Labute approximate surface area is 149 Å². The van der Waals surface area contributed by atoms with Crippen molar-refractivity contribution in [3.8, 4) is 0 Å². The molecule has 1 amide bonds. The molecule has 2 saturated heterocycles. The Hall–Kier alpha value is -1.88. The highest BCUT2D eigenvalue weighted by molar-refractivity contribution is 5.80. The van der Waals surface area contributed by atoms with E-state index in [1.807, 2.05) is 23.1 Å². The van der Waals surface area contributed by atoms with Crippen molar-refractivity contribution in [2.45, 2.75) is 31.7 Å². The normalized spacial score (nSPS) is 25.1. The molecule has 0 saturated carbocycles. The molecule has 0 spiro atoms. The third-order valence-corrected chi connectivity index (χ3v) is 5.72. The van der Waals surface area contributed by atoms with Gasteiger partial charge in [0.25, 0.3) is 0 Å². The van der Waals surface area contributed by atoms with Gasteiger partial charge in [-0.3, -0.25) is 14.5 Å². The molecular formula is C20H28N2O3. The molecule has 2 heterocycles. The van der Waals surface area contributed by atoms with Crippen molar-refractivity contribution in [3.05, 3.63) is 35.9 Å². The number of hydrogen-bond acceptors (Lipinski definition) is 4. The van der Waals surface area contributed by atoms with Gasteiger partial charge in [0.05, 0.1) is 13.0 Å². The van der Waals surface area contributed by atoms with E-state index in [1.54, 1.807) is 0 Å². The molecule has 5 heteroatoms. The minimum Gasteiger partial charge on any atom is -0.469 e. The van der Waals surface area contributed by atoms with Crippen LogP contribution in [0.25, 0.3) is 0 Å². The van der Waals surface area contributed by atoms with Crippen LogP contribution in [0.5, 0.6) is 0 Å². The Kier molecular flexibility index (Phi) is 5.74. The van der Waals surface area contributed by atoms with Crippen molar-refractivity contribution in [2.24, 2.45) is 11.8 Å². The van der Waals surface area contributed by atoms with Gasteiger partial charge in [0, 0.05) is 25.6 Å². The van der Waals surface area contributed by atoms with Crippen molar-refractivity contribution < 1.29 is 14.3 Å². The van der Waals surface area contributed by atoms with Crippen LogP contribution in [0.1, 0.15) is 37.3 Å². The van der Waals surface area contributed by atoms with Crippen LogP contribution in [0.15, 0.2) is 30.3 Å². The molecule has 3 rings (SSSR count). The van der Waals surface area contributed by atoms with E-state index >= 15 is 0 Å². The maximum Gasteiger partial charge on any atom is 0.305 e. The van der Waals surface area contributed by atoms with Crippen LogP contribution in [0, 0.1) is 11.8 Å². The van der Waals surface area contributed by atoms with Crippen LogP contribution in [0.2, 0.25) is 0 Å². The van der Waals surface area contributed by atoms with Crippen LogP contribution in [0.4, 0.5) is 0 Å². The molecule has 0 aromatic heterocycles. The minimum atomic E-state index is -0.147. The molecule has 0 unspecified atom stereocenters. The number of nitrogens with zero attached hydrogens (tertiary/aromatic N) is 2. The Bertz CT molecular complexity index is 596. The predicted molar refractivity (Wildman–Crippen MR) is 95.9 cm³/mol. The lowest BCUT2D eigenvalue weighted by Gasteiger charge is -2.35. The maximum atomic E-state index is 13.1. The number of piperidine rings is 1. The SMILES string of the molecule is COC(=O)CC1CCN(C(=O)[C@@H]2CCN(C)[C@@H]2c2ccccc2)CC1. The number of rotatable bonds is 4. The Morgan fingerprint density at radius 1 is 1.08 bits per heavy atom. The number of likely N-dealkylation sites (tertiary alicyclic amines) is 2. The molecule has 136 valence electrons. The first kappa shape index (κ1) is 17.9. The second-order valence-electron chi connectivity index (χ2n) is 7.28. The number of amides is 1. The van der Waals surface area contributed by atoms with Gasteiger partial charge in [0.15, 0.2) is 0 Å². The molecule has 2 atom stereocenters. The summed E-state index contributed by atoms with van der Waals surface area (Å²) in [6.45, 7) is 2.46. The lowest BCUT2D eigenvalue weighted by molar-refractivity contribution is -0.142. The van der Waals surface area contributed by atoms with Gasteiger partial charge in [0.2, 0.25) is 5.91 Å². The molecule has 0 bridgehead atoms. The summed E-state index contributed by atoms with van der Waals surface area (Å²) in [4.78, 5) is 28.9. The summed E-state index contributed by atoms with van der Waals surface area (Å²) in [5, 5.41) is 0. The molecule has 1 aromatic rings. The fraction of sp³-hybridized carbons (Fsp3) is 0.600. The quantitative estimate of drug-likeness (QED) is 0.788. The third-order valence-electron chi connectivity index (χ3n) is 5.72. The number of carbonyl (C=O) groups excluding carboxylic acids is 2. The van der Waals surface area contributed by atoms with Gasteiger partial charge in [0.1, 0.15) is 0 Å². The number of hydrogen-bond donors (Lipinski definition) is 0. The lowest BCUT2D eigenvalue weighted by Crippen LogP contribution is -2.43. The van der Waals surface area contributed by atoms with E-state index in [2.05, 4.69) is 24.1 Å². The molecule has 2 aliphatic heterocycles. The molecular weight excluding hydrogens is 316 g/mol. The Morgan fingerprint density at radius 3 is 2.40 bits per heavy atom. The van der Waals surface area contributed by atoms with E-state index in [0.717, 1.165) is 38.9 Å². The van der Waals surface area contributed by atoms with E-state index in [4.69, 9.17) is 4.74 Å². The van der Waals surface area contributed by atoms with Crippen LogP contribution < -0.4 is 0 Å². The largest absolute Gasteiger partial charge is 0.469 e. The highest BCUT2D eigenvalue weighted by atomic mass is 16.5. The van der Waals surface area contributed by atoms with E-state index in [1.165, 1.54) is 12.7 Å². The van der Waals surface area contributed by atoms with Gasteiger partial charge in [-0.15, -0.1) is 0 Å². The summed E-state index contributed by atoms with van der Waals surface area (Å²) >= 11 is 0. The van der Waals surface area contributed by atoms with E-state index in [-0.39, 0.29) is 23.8 Å². The van der Waals surface area contributed by atoms with Gasteiger partial charge < -0.3 is 9.64 Å². The summed E-state index contributed by atoms with van der Waals surface area (Å²) in [7, 11) is 3.54. The average Bonchev–Trinajstić information content (AvgIpc) is 3.04. The van der Waals surface area contributed by atoms with Gasteiger partial charge in [-0.25, -0.2) is 0 Å². The second-order valence-corrected chi connectivity index (χ2v) is 7.28. The zero-order valence-corrected chi connectivity index (χ0v) is 15.2. The molecule has 2 aliphatic rings. The standard InChI is InChI=1S/C20H28N2O3/c1-21-11-10-17(19(21)16-6-4-3-5-7-16)20(24)22-12-8-15(9-13-22)14-18(23)25-2/h3-7,15,17,19H,8-14H2,1-2H3/t17-,19-/m1/s1. The number of esters is 1. The Morgan fingerprint density at radius 2 is 1.76 bits per heavy atom. The molecule has 0 radical (unpaired) electrons. The van der Waals surface area contributed by atoms with Gasteiger partial charge in [-0.2, -0.15) is 0 Å². The van der Waals surface area contributed by atoms with E-state index in [0.29, 0.717) is 12.3 Å². The van der Waals surface area contributed by atoms with Crippen molar-refractivity contribution in [3.63, 3.8) is 0 Å². The highest BCUT2D eigenvalue weighted by Gasteiger charge is 2.40. The summed E-state index contributed by atoms with van der Waals surface area (Å²) in [5.41, 5.74) is 1.22. The van der Waals surface area contributed by atoms with E-state index in [9.17, 15) is 9.59 Å². The summed E-state index contributed by atoms with van der Waals surface area (Å²) in [5.74, 6) is 0.498. The molecule has 0 N–H and O–H groups in total. The first-order chi connectivity index (χ1) is 12.1. The molecule has 2 fully saturated rings. The van der Waals surface area contributed by atoms with Crippen LogP contribution in [-0.4, -0.2) is 55.5 Å². The smallest absolute Gasteiger partial charge is 0.305 e. The van der Waals surface area contributed by atoms with Crippen LogP contribution in [0.3, 0.4) is 0 Å². The first-order valence-corrected chi connectivity index (χ1v) is 9.21. The average molecular weight is 344 g/mol. The van der Waals surface area contributed by atoms with Crippen molar-refractivity contribution in [1.29, 1.82) is 0 Å². The molecule has 5 nitrogen and oxygen atoms in total. The summed E-state index contributed by atoms with van der Waals surface area (Å²) in [6.07, 6.45) is 3.16. The Balaban J connectivity index is 1.62. The third kappa shape index (κ3) is 4.03. The van der Waals surface area contributed by atoms with Crippen molar-refractivity contribution in [2.75, 3.05) is 33.8 Å². The summed E-state index contributed by atoms with van der Waals surface area (Å²) in [6, 6.07) is 10.5. The maximum absolute atomic E-state index is 13.1. The van der Waals surface area contributed by atoms with Crippen LogP contribution in [-0.2, 0) is 14.3 Å². The van der Waals surface area contributed by atoms with Gasteiger partial charge >= 0.3 is 5.97 Å². The predicted octanol–water partition coefficient (Wildman–Crippen LogP) is 2.48. The molecule has 0 aliphatic carbocycles. The number of benzene rings is 1. The zero-order chi connectivity index (χ0) is 17.8. The van der Waals surface area contributed by atoms with Crippen molar-refractivity contribution >= 4 is 11.9 Å². The molecule has 1 aromatic carbocycles. The van der Waals surface area contributed by atoms with E-state index < -0.39 is 0 Å². The highest BCUT2D eigenvalue weighted by Crippen LogP contribution is 2.37. The number of methoxy groups -OCH3 is 1. The minimum absolute atomic E-state index is 0.0320. The number of ether oxygens (including phenoxy) is 1. The molecule has 25 heavy (non-hydrogen) atoms.